The molecule has 140 valence electrons. The molecule has 1 aliphatic rings. The average molecular weight is 366 g/mol. The molecule has 1 amide bonds. The average Bonchev–Trinajstić information content (AvgIpc) is 3.28. The van der Waals surface area contributed by atoms with Gasteiger partial charge in [0.1, 0.15) is 17.4 Å². The lowest BCUT2D eigenvalue weighted by atomic mass is 10.0. The number of fused-ring (bicyclic) bond motifs is 1. The first-order chi connectivity index (χ1) is 13.0. The molecule has 2 atom stereocenters. The number of rotatable bonds is 5. The fourth-order valence-electron chi connectivity index (χ4n) is 3.44. The van der Waals surface area contributed by atoms with Crippen molar-refractivity contribution in [3.05, 3.63) is 36.7 Å². The van der Waals surface area contributed by atoms with Gasteiger partial charge in [-0.05, 0) is 25.1 Å². The number of pyridine rings is 1. The zero-order chi connectivity index (χ0) is 19.0. The lowest BCUT2D eigenvalue weighted by Gasteiger charge is -2.21. The molecule has 0 saturated carbocycles. The van der Waals surface area contributed by atoms with Crippen LogP contribution in [0.4, 0.5) is 0 Å². The highest BCUT2D eigenvalue weighted by Crippen LogP contribution is 2.33. The zero-order valence-corrected chi connectivity index (χ0v) is 15.6. The van der Waals surface area contributed by atoms with E-state index < -0.39 is 0 Å². The standard InChI is InChI=1S/C20H22N4O3/c1-12(14-9-18(25)21-10-14)27-17-8-13(7-16-20(17)24(2)11-22-16)15-5-4-6-19(23-15)26-3/h4-8,11-12,14H,9-10H2,1-3H3,(H,21,25)/t12?,14-/m1/s1. The van der Waals surface area contributed by atoms with Crippen molar-refractivity contribution in [2.75, 3.05) is 13.7 Å². The Morgan fingerprint density at radius 1 is 1.33 bits per heavy atom. The van der Waals surface area contributed by atoms with Crippen LogP contribution in [0, 0.1) is 5.92 Å². The van der Waals surface area contributed by atoms with E-state index in [9.17, 15) is 4.79 Å². The molecule has 0 aliphatic carbocycles. The van der Waals surface area contributed by atoms with Crippen LogP contribution in [0.25, 0.3) is 22.3 Å². The Morgan fingerprint density at radius 2 is 2.19 bits per heavy atom. The number of amides is 1. The van der Waals surface area contributed by atoms with Gasteiger partial charge in [0.25, 0.3) is 0 Å². The van der Waals surface area contributed by atoms with Gasteiger partial charge >= 0.3 is 0 Å². The summed E-state index contributed by atoms with van der Waals surface area (Å²) in [5, 5.41) is 2.87. The molecule has 1 fully saturated rings. The highest BCUT2D eigenvalue weighted by molar-refractivity contribution is 5.87. The number of carbonyl (C=O) groups is 1. The molecule has 0 spiro atoms. The fourth-order valence-corrected chi connectivity index (χ4v) is 3.44. The number of imidazole rings is 1. The molecule has 3 heterocycles. The summed E-state index contributed by atoms with van der Waals surface area (Å²) in [6.07, 6.45) is 2.16. The van der Waals surface area contributed by atoms with Crippen molar-refractivity contribution in [2.24, 2.45) is 13.0 Å². The van der Waals surface area contributed by atoms with E-state index in [1.807, 2.05) is 48.9 Å². The third-order valence-electron chi connectivity index (χ3n) is 4.99. The number of nitrogens with one attached hydrogen (secondary N) is 1. The minimum Gasteiger partial charge on any atom is -0.488 e. The summed E-state index contributed by atoms with van der Waals surface area (Å²) < 4.78 is 13.5. The number of aryl methyl sites for hydroxylation is 1. The first kappa shape index (κ1) is 17.3. The van der Waals surface area contributed by atoms with Gasteiger partial charge in [-0.25, -0.2) is 9.97 Å². The van der Waals surface area contributed by atoms with Crippen LogP contribution in [0.5, 0.6) is 11.6 Å². The Kier molecular flexibility index (Phi) is 4.43. The Bertz CT molecular complexity index is 998. The van der Waals surface area contributed by atoms with Gasteiger partial charge in [-0.1, -0.05) is 6.07 Å². The number of nitrogens with zero attached hydrogens (tertiary/aromatic N) is 3. The van der Waals surface area contributed by atoms with E-state index >= 15 is 0 Å². The summed E-state index contributed by atoms with van der Waals surface area (Å²) in [6, 6.07) is 9.62. The van der Waals surface area contributed by atoms with Crippen molar-refractivity contribution in [2.45, 2.75) is 19.4 Å². The second-order valence-corrected chi connectivity index (χ2v) is 6.85. The molecule has 1 unspecified atom stereocenters. The lowest BCUT2D eigenvalue weighted by molar-refractivity contribution is -0.119. The quantitative estimate of drug-likeness (QED) is 0.751. The Balaban J connectivity index is 1.74. The predicted molar refractivity (Wildman–Crippen MR) is 102 cm³/mol. The predicted octanol–water partition coefficient (Wildman–Crippen LogP) is 2.55. The second kappa shape index (κ2) is 6.90. The van der Waals surface area contributed by atoms with Crippen LogP contribution in [-0.4, -0.2) is 40.2 Å². The topological polar surface area (TPSA) is 78.3 Å². The molecule has 0 radical (unpaired) electrons. The summed E-state index contributed by atoms with van der Waals surface area (Å²) in [5.74, 6) is 1.52. The van der Waals surface area contributed by atoms with E-state index in [0.29, 0.717) is 18.8 Å². The highest BCUT2D eigenvalue weighted by atomic mass is 16.5. The number of hydrogen-bond acceptors (Lipinski definition) is 5. The van der Waals surface area contributed by atoms with Gasteiger partial charge in [-0.15, -0.1) is 0 Å². The summed E-state index contributed by atoms with van der Waals surface area (Å²) in [4.78, 5) is 20.5. The van der Waals surface area contributed by atoms with E-state index in [2.05, 4.69) is 15.3 Å². The molecule has 4 rings (SSSR count). The van der Waals surface area contributed by atoms with E-state index in [1.54, 1.807) is 13.4 Å². The van der Waals surface area contributed by atoms with Crippen molar-refractivity contribution in [3.8, 4) is 22.9 Å². The third-order valence-corrected chi connectivity index (χ3v) is 4.99. The fraction of sp³-hybridized carbons (Fsp3) is 0.350. The van der Waals surface area contributed by atoms with Gasteiger partial charge in [0.05, 0.1) is 24.6 Å². The van der Waals surface area contributed by atoms with Crippen molar-refractivity contribution in [1.29, 1.82) is 0 Å². The molecule has 3 aromatic rings. The van der Waals surface area contributed by atoms with Crippen LogP contribution in [0.1, 0.15) is 13.3 Å². The van der Waals surface area contributed by atoms with Crippen molar-refractivity contribution in [1.82, 2.24) is 19.9 Å². The van der Waals surface area contributed by atoms with Crippen LogP contribution in [0.15, 0.2) is 36.7 Å². The van der Waals surface area contributed by atoms with Crippen molar-refractivity contribution in [3.63, 3.8) is 0 Å². The van der Waals surface area contributed by atoms with Gasteiger partial charge < -0.3 is 19.4 Å². The van der Waals surface area contributed by atoms with Crippen LogP contribution in [0.3, 0.4) is 0 Å². The van der Waals surface area contributed by atoms with Crippen molar-refractivity contribution < 1.29 is 14.3 Å². The highest BCUT2D eigenvalue weighted by Gasteiger charge is 2.28. The van der Waals surface area contributed by atoms with Crippen LogP contribution in [-0.2, 0) is 11.8 Å². The monoisotopic (exact) mass is 366 g/mol. The number of carbonyl (C=O) groups excluding carboxylic acids is 1. The largest absolute Gasteiger partial charge is 0.488 e. The first-order valence-electron chi connectivity index (χ1n) is 8.95. The van der Waals surface area contributed by atoms with E-state index in [-0.39, 0.29) is 17.9 Å². The molecule has 1 saturated heterocycles. The summed E-state index contributed by atoms with van der Waals surface area (Å²) >= 11 is 0. The second-order valence-electron chi connectivity index (χ2n) is 6.85. The van der Waals surface area contributed by atoms with E-state index in [0.717, 1.165) is 28.0 Å². The van der Waals surface area contributed by atoms with Crippen LogP contribution < -0.4 is 14.8 Å². The molecule has 1 aromatic carbocycles. The van der Waals surface area contributed by atoms with Gasteiger partial charge in [0.15, 0.2) is 0 Å². The minimum absolute atomic E-state index is 0.0791. The molecular formula is C20H22N4O3. The molecule has 2 aromatic heterocycles. The molecular weight excluding hydrogens is 344 g/mol. The molecule has 27 heavy (non-hydrogen) atoms. The number of benzene rings is 1. The Morgan fingerprint density at radius 3 is 2.93 bits per heavy atom. The number of methoxy groups -OCH3 is 1. The minimum atomic E-state index is -0.101. The first-order valence-corrected chi connectivity index (χ1v) is 8.95. The van der Waals surface area contributed by atoms with Gasteiger partial charge in [-0.2, -0.15) is 0 Å². The molecule has 7 heteroatoms. The van der Waals surface area contributed by atoms with Crippen LogP contribution in [0.2, 0.25) is 0 Å². The van der Waals surface area contributed by atoms with E-state index in [4.69, 9.17) is 9.47 Å². The van der Waals surface area contributed by atoms with Gasteiger partial charge in [-0.3, -0.25) is 4.79 Å². The summed E-state index contributed by atoms with van der Waals surface area (Å²) in [5.41, 5.74) is 3.45. The normalized spacial score (nSPS) is 17.7. The molecule has 7 nitrogen and oxygen atoms in total. The summed E-state index contributed by atoms with van der Waals surface area (Å²) in [6.45, 7) is 2.65. The number of ether oxygens (including phenoxy) is 2. The van der Waals surface area contributed by atoms with Gasteiger partial charge in [0, 0.05) is 37.6 Å². The van der Waals surface area contributed by atoms with Gasteiger partial charge in [0.2, 0.25) is 11.8 Å². The molecule has 1 N–H and O–H groups in total. The lowest BCUT2D eigenvalue weighted by Crippen LogP contribution is -2.25. The number of aromatic nitrogens is 3. The maximum atomic E-state index is 11.5. The van der Waals surface area contributed by atoms with Crippen LogP contribution >= 0.6 is 0 Å². The zero-order valence-electron chi connectivity index (χ0n) is 15.6. The smallest absolute Gasteiger partial charge is 0.220 e. The molecule has 0 bridgehead atoms. The SMILES string of the molecule is COc1cccc(-c2cc(OC(C)[C@H]3CNC(=O)C3)c3c(c2)ncn3C)n1. The third kappa shape index (κ3) is 3.32. The Hall–Kier alpha value is -3.09. The Labute approximate surface area is 157 Å². The summed E-state index contributed by atoms with van der Waals surface area (Å²) in [7, 11) is 3.54. The maximum absolute atomic E-state index is 11.5. The van der Waals surface area contributed by atoms with Crippen molar-refractivity contribution >= 4 is 16.9 Å². The maximum Gasteiger partial charge on any atom is 0.220 e. The number of hydrogen-bond donors (Lipinski definition) is 1. The molecule has 1 aliphatic heterocycles. The van der Waals surface area contributed by atoms with E-state index in [1.165, 1.54) is 0 Å².